The minimum atomic E-state index is -0.383. The molecule has 0 radical (unpaired) electrons. The molecule has 0 aliphatic heterocycles. The lowest BCUT2D eigenvalue weighted by molar-refractivity contribution is 0.924. The van der Waals surface area contributed by atoms with Crippen molar-refractivity contribution in [1.29, 1.82) is 0 Å². The molecule has 0 atom stereocenters. The highest BCUT2D eigenvalue weighted by Crippen LogP contribution is 2.48. The Morgan fingerprint density at radius 1 is 0.420 bits per heavy atom. The molecule has 240 valence electrons. The third-order valence-corrected chi connectivity index (χ3v) is 10.3. The highest BCUT2D eigenvalue weighted by molar-refractivity contribution is 6.27. The maximum absolute atomic E-state index is 8.71. The molecule has 0 saturated carbocycles. The Balaban J connectivity index is 1.37. The van der Waals surface area contributed by atoms with Crippen LogP contribution in [0.3, 0.4) is 0 Å². The zero-order valence-electron chi connectivity index (χ0n) is 33.5. The first-order valence-corrected chi connectivity index (χ1v) is 17.8. The van der Waals surface area contributed by atoms with Crippen molar-refractivity contribution in [3.8, 4) is 33.4 Å². The van der Waals surface area contributed by atoms with E-state index in [1.807, 2.05) is 18.2 Å². The standard InChI is InChI=1S/C50H40/c1-3-14-33-24-28-40-47(30-33)46-31-36(34-16-6-5-7-17-34)25-26-37(46)32-48(40)50-43-22-12-10-20-41(43)49(42-21-11-13-23-44(42)50)45-29-27-35(15-4-2)38-18-8-9-19-39(38)45/h5-13,16-32H,3-4,14-15H2,1-2H3/i5D,6D,7D,16D,17D. The maximum atomic E-state index is 8.71. The number of rotatable bonds is 7. The predicted molar refractivity (Wildman–Crippen MR) is 218 cm³/mol. The van der Waals surface area contributed by atoms with Crippen LogP contribution in [0.1, 0.15) is 44.7 Å². The Kier molecular flexibility index (Phi) is 6.38. The van der Waals surface area contributed by atoms with E-state index in [-0.39, 0.29) is 35.8 Å². The van der Waals surface area contributed by atoms with Crippen molar-refractivity contribution in [2.24, 2.45) is 0 Å². The van der Waals surface area contributed by atoms with E-state index < -0.39 is 0 Å². The van der Waals surface area contributed by atoms with Crippen molar-refractivity contribution in [3.05, 3.63) is 169 Å². The monoisotopic (exact) mass is 645 g/mol. The molecule has 50 heavy (non-hydrogen) atoms. The predicted octanol–water partition coefficient (Wildman–Crippen LogP) is 14.4. The SMILES string of the molecule is [2H]c1c([2H])c([2H])c(-c2ccc3cc(-c4c5ccccc5c(-c5ccc(CCC)c6ccccc56)c5ccccc45)c4ccc(CCC)cc4c3c2)c([2H])c1[2H]. The molecule has 0 aromatic heterocycles. The van der Waals surface area contributed by atoms with Crippen LogP contribution in [0.25, 0.3) is 87.2 Å². The fourth-order valence-corrected chi connectivity index (χ4v) is 8.17. The van der Waals surface area contributed by atoms with Gasteiger partial charge in [-0.05, 0) is 123 Å². The Bertz CT molecular complexity index is 2930. The van der Waals surface area contributed by atoms with E-state index in [1.165, 1.54) is 60.1 Å². The zero-order valence-corrected chi connectivity index (χ0v) is 28.5. The molecule has 9 aromatic rings. The summed E-state index contributed by atoms with van der Waals surface area (Å²) >= 11 is 0. The van der Waals surface area contributed by atoms with Crippen LogP contribution in [0.5, 0.6) is 0 Å². The fraction of sp³-hybridized carbons (Fsp3) is 0.120. The molecule has 0 amide bonds. The van der Waals surface area contributed by atoms with Crippen molar-refractivity contribution in [1.82, 2.24) is 0 Å². The molecule has 9 aromatic carbocycles. The van der Waals surface area contributed by atoms with Crippen LogP contribution in [-0.2, 0) is 12.8 Å². The molecule has 0 aliphatic carbocycles. The molecule has 0 fully saturated rings. The topological polar surface area (TPSA) is 0 Å². The van der Waals surface area contributed by atoms with Gasteiger partial charge in [-0.2, -0.15) is 0 Å². The molecule has 0 spiro atoms. The summed E-state index contributed by atoms with van der Waals surface area (Å²) < 4.78 is 42.2. The molecule has 0 N–H and O–H groups in total. The molecule has 0 saturated heterocycles. The van der Waals surface area contributed by atoms with Gasteiger partial charge in [-0.25, -0.2) is 0 Å². The van der Waals surface area contributed by atoms with Gasteiger partial charge in [0.2, 0.25) is 0 Å². The van der Waals surface area contributed by atoms with E-state index >= 15 is 0 Å². The van der Waals surface area contributed by atoms with Gasteiger partial charge in [-0.3, -0.25) is 0 Å². The molecular weight excluding hydrogens is 601 g/mol. The van der Waals surface area contributed by atoms with Gasteiger partial charge in [0.1, 0.15) is 0 Å². The Morgan fingerprint density at radius 2 is 1.02 bits per heavy atom. The lowest BCUT2D eigenvalue weighted by Crippen LogP contribution is -1.94. The molecule has 0 unspecified atom stereocenters. The summed E-state index contributed by atoms with van der Waals surface area (Å²) in [6.45, 7) is 4.43. The second-order valence-corrected chi connectivity index (χ2v) is 13.4. The average Bonchev–Trinajstić information content (AvgIpc) is 3.22. The van der Waals surface area contributed by atoms with Crippen LogP contribution < -0.4 is 0 Å². The van der Waals surface area contributed by atoms with Crippen molar-refractivity contribution in [3.63, 3.8) is 0 Å². The van der Waals surface area contributed by atoms with Crippen LogP contribution in [0.15, 0.2) is 158 Å². The van der Waals surface area contributed by atoms with E-state index in [4.69, 9.17) is 6.85 Å². The number of fused-ring (bicyclic) bond motifs is 6. The van der Waals surface area contributed by atoms with Gasteiger partial charge in [0, 0.05) is 0 Å². The van der Waals surface area contributed by atoms with Crippen LogP contribution in [0.4, 0.5) is 0 Å². The van der Waals surface area contributed by atoms with E-state index in [9.17, 15) is 0 Å². The first kappa shape index (κ1) is 25.3. The Morgan fingerprint density at radius 3 is 1.68 bits per heavy atom. The smallest absolute Gasteiger partial charge is 0.0629 e. The van der Waals surface area contributed by atoms with Gasteiger partial charge < -0.3 is 0 Å². The van der Waals surface area contributed by atoms with Crippen molar-refractivity contribution in [2.45, 2.75) is 39.5 Å². The molecule has 0 heterocycles. The lowest BCUT2D eigenvalue weighted by atomic mass is 9.82. The van der Waals surface area contributed by atoms with E-state index in [1.54, 1.807) is 0 Å². The Hall–Kier alpha value is -5.72. The van der Waals surface area contributed by atoms with Gasteiger partial charge in [0.15, 0.2) is 0 Å². The first-order valence-electron chi connectivity index (χ1n) is 20.3. The van der Waals surface area contributed by atoms with Crippen LogP contribution in [0.2, 0.25) is 0 Å². The van der Waals surface area contributed by atoms with Crippen LogP contribution in [-0.4, -0.2) is 0 Å². The maximum Gasteiger partial charge on any atom is 0.0629 e. The third-order valence-electron chi connectivity index (χ3n) is 10.3. The number of hydrogen-bond donors (Lipinski definition) is 0. The lowest BCUT2D eigenvalue weighted by Gasteiger charge is -2.21. The summed E-state index contributed by atoms with van der Waals surface area (Å²) in [5.41, 5.74) is 8.26. The quantitative estimate of drug-likeness (QED) is 0.119. The van der Waals surface area contributed by atoms with E-state index in [0.717, 1.165) is 52.8 Å². The van der Waals surface area contributed by atoms with Crippen molar-refractivity contribution >= 4 is 53.9 Å². The van der Waals surface area contributed by atoms with Crippen molar-refractivity contribution < 1.29 is 6.85 Å². The van der Waals surface area contributed by atoms with Gasteiger partial charge in [0.05, 0.1) is 6.85 Å². The van der Waals surface area contributed by atoms with Crippen LogP contribution in [0, 0.1) is 0 Å². The first-order chi connectivity index (χ1) is 26.8. The highest BCUT2D eigenvalue weighted by Gasteiger charge is 2.21. The fourth-order valence-electron chi connectivity index (χ4n) is 8.17. The van der Waals surface area contributed by atoms with Gasteiger partial charge in [0.25, 0.3) is 0 Å². The largest absolute Gasteiger partial charge is 0.0651 e. The number of aryl methyl sites for hydroxylation is 2. The molecule has 0 aliphatic rings. The summed E-state index contributed by atoms with van der Waals surface area (Å²) in [5.74, 6) is 0. The highest BCUT2D eigenvalue weighted by atomic mass is 14.2. The Labute approximate surface area is 301 Å². The van der Waals surface area contributed by atoms with Gasteiger partial charge in [-0.1, -0.05) is 172 Å². The minimum absolute atomic E-state index is 0.191. The third kappa shape index (κ3) is 4.98. The summed E-state index contributed by atoms with van der Waals surface area (Å²) in [6.07, 6.45) is 4.09. The van der Waals surface area contributed by atoms with Gasteiger partial charge >= 0.3 is 0 Å². The van der Waals surface area contributed by atoms with E-state index in [0.29, 0.717) is 5.56 Å². The number of hydrogen-bond acceptors (Lipinski definition) is 0. The van der Waals surface area contributed by atoms with Gasteiger partial charge in [-0.15, -0.1) is 0 Å². The molecule has 9 rings (SSSR count). The molecule has 0 bridgehead atoms. The zero-order chi connectivity index (χ0) is 38.0. The molecular formula is C50H40. The van der Waals surface area contributed by atoms with Crippen molar-refractivity contribution in [2.75, 3.05) is 0 Å². The number of benzene rings is 9. The summed E-state index contributed by atoms with van der Waals surface area (Å²) in [5, 5.41) is 11.6. The minimum Gasteiger partial charge on any atom is -0.0651 e. The molecule has 0 nitrogen and oxygen atoms in total. The average molecular weight is 646 g/mol. The normalized spacial score (nSPS) is 13.1. The second kappa shape index (κ2) is 12.6. The second-order valence-electron chi connectivity index (χ2n) is 13.4. The van der Waals surface area contributed by atoms with E-state index in [2.05, 4.69) is 123 Å². The molecule has 0 heteroatoms. The summed E-state index contributed by atoms with van der Waals surface area (Å²) in [7, 11) is 0. The van der Waals surface area contributed by atoms with Crippen LogP contribution >= 0.6 is 0 Å². The summed E-state index contributed by atoms with van der Waals surface area (Å²) in [6, 6.07) is 44.7. The summed E-state index contributed by atoms with van der Waals surface area (Å²) in [4.78, 5) is 0.